The second-order valence-corrected chi connectivity index (χ2v) is 6.23. The number of amidine groups is 1. The van der Waals surface area contributed by atoms with Gasteiger partial charge in [-0.05, 0) is 58.1 Å². The first-order valence-corrected chi connectivity index (χ1v) is 7.90. The van der Waals surface area contributed by atoms with Crippen molar-refractivity contribution in [1.82, 2.24) is 0 Å². The van der Waals surface area contributed by atoms with Crippen LogP contribution in [-0.4, -0.2) is 12.4 Å². The Balaban J connectivity index is 1.91. The highest BCUT2D eigenvalue weighted by Gasteiger charge is 2.15. The van der Waals surface area contributed by atoms with Crippen LogP contribution in [0, 0.1) is 5.41 Å². The van der Waals surface area contributed by atoms with Gasteiger partial charge in [0, 0.05) is 28.8 Å². The zero-order valence-corrected chi connectivity index (χ0v) is 13.4. The number of nitrogens with one attached hydrogen (secondary N) is 1. The molecule has 3 rings (SSSR count). The van der Waals surface area contributed by atoms with Gasteiger partial charge in [0.2, 0.25) is 0 Å². The van der Waals surface area contributed by atoms with Crippen molar-refractivity contribution in [3.8, 4) is 0 Å². The fourth-order valence-corrected chi connectivity index (χ4v) is 3.42. The van der Waals surface area contributed by atoms with Crippen LogP contribution in [0.2, 0.25) is 0 Å². The Bertz CT molecular complexity index is 681. The standard InChI is InChI=1S/C17H18BrN3/c18-16-10-14(7-8-15(16)17(19)20)21-9-3-6-12-4-1-2-5-13(12)11-21/h1-2,4-5,7-8,10H,3,6,9,11H2,(H3,19,20). The summed E-state index contributed by atoms with van der Waals surface area (Å²) in [6.07, 6.45) is 2.29. The lowest BCUT2D eigenvalue weighted by atomic mass is 10.0. The van der Waals surface area contributed by atoms with Gasteiger partial charge in [-0.1, -0.05) is 24.3 Å². The lowest BCUT2D eigenvalue weighted by molar-refractivity contribution is 0.766. The quantitative estimate of drug-likeness (QED) is 0.645. The molecule has 0 radical (unpaired) electrons. The van der Waals surface area contributed by atoms with Gasteiger partial charge in [0.25, 0.3) is 0 Å². The molecule has 0 atom stereocenters. The Morgan fingerprint density at radius 2 is 1.90 bits per heavy atom. The minimum atomic E-state index is 0.0923. The van der Waals surface area contributed by atoms with E-state index in [1.54, 1.807) is 0 Å². The first-order chi connectivity index (χ1) is 10.1. The predicted molar refractivity (Wildman–Crippen MR) is 91.0 cm³/mol. The number of rotatable bonds is 2. The molecule has 4 heteroatoms. The van der Waals surface area contributed by atoms with E-state index in [1.807, 2.05) is 6.07 Å². The first-order valence-electron chi connectivity index (χ1n) is 7.11. The summed E-state index contributed by atoms with van der Waals surface area (Å²) in [7, 11) is 0. The monoisotopic (exact) mass is 343 g/mol. The van der Waals surface area contributed by atoms with Gasteiger partial charge in [0.05, 0.1) is 0 Å². The van der Waals surface area contributed by atoms with E-state index in [0.29, 0.717) is 0 Å². The van der Waals surface area contributed by atoms with Crippen molar-refractivity contribution >= 4 is 27.5 Å². The van der Waals surface area contributed by atoms with Crippen LogP contribution in [0.4, 0.5) is 5.69 Å². The molecule has 2 aromatic rings. The van der Waals surface area contributed by atoms with Gasteiger partial charge in [0.1, 0.15) is 5.84 Å². The first kappa shape index (κ1) is 14.1. The number of fused-ring (bicyclic) bond motifs is 1. The smallest absolute Gasteiger partial charge is 0.123 e. The normalized spacial score (nSPS) is 14.4. The molecule has 0 unspecified atom stereocenters. The van der Waals surface area contributed by atoms with Crippen molar-refractivity contribution in [2.75, 3.05) is 11.4 Å². The molecule has 0 saturated heterocycles. The van der Waals surface area contributed by atoms with Gasteiger partial charge >= 0.3 is 0 Å². The molecule has 108 valence electrons. The summed E-state index contributed by atoms with van der Waals surface area (Å²) >= 11 is 3.52. The Kier molecular flexibility index (Phi) is 3.97. The summed E-state index contributed by atoms with van der Waals surface area (Å²) in [5.74, 6) is 0.0923. The van der Waals surface area contributed by atoms with Crippen molar-refractivity contribution in [3.63, 3.8) is 0 Å². The van der Waals surface area contributed by atoms with Crippen LogP contribution >= 0.6 is 15.9 Å². The molecule has 3 nitrogen and oxygen atoms in total. The minimum Gasteiger partial charge on any atom is -0.384 e. The van der Waals surface area contributed by atoms with E-state index in [-0.39, 0.29) is 5.84 Å². The number of nitrogen functional groups attached to an aromatic ring is 1. The fourth-order valence-electron chi connectivity index (χ4n) is 2.84. The molecule has 0 fully saturated rings. The number of hydrogen-bond donors (Lipinski definition) is 2. The minimum absolute atomic E-state index is 0.0923. The van der Waals surface area contributed by atoms with Gasteiger partial charge in [-0.25, -0.2) is 0 Å². The number of nitrogens with two attached hydrogens (primary N) is 1. The van der Waals surface area contributed by atoms with Crippen LogP contribution in [0.1, 0.15) is 23.1 Å². The highest BCUT2D eigenvalue weighted by Crippen LogP contribution is 2.28. The molecule has 2 aromatic carbocycles. The average molecular weight is 344 g/mol. The zero-order valence-electron chi connectivity index (χ0n) is 11.8. The molecular formula is C17H18BrN3. The van der Waals surface area contributed by atoms with E-state index in [4.69, 9.17) is 11.1 Å². The number of hydrogen-bond acceptors (Lipinski definition) is 2. The van der Waals surface area contributed by atoms with Crippen LogP contribution in [0.25, 0.3) is 0 Å². The lowest BCUT2D eigenvalue weighted by Crippen LogP contribution is -2.22. The summed E-state index contributed by atoms with van der Waals surface area (Å²) in [6, 6.07) is 14.7. The molecule has 0 spiro atoms. The molecular weight excluding hydrogens is 326 g/mol. The predicted octanol–water partition coefficient (Wildman–Crippen LogP) is 3.69. The topological polar surface area (TPSA) is 53.1 Å². The summed E-state index contributed by atoms with van der Waals surface area (Å²) in [4.78, 5) is 2.39. The average Bonchev–Trinajstić information content (AvgIpc) is 2.68. The third-order valence-corrected chi connectivity index (χ3v) is 4.62. The van der Waals surface area contributed by atoms with Crippen LogP contribution in [0.5, 0.6) is 0 Å². The number of halogens is 1. The largest absolute Gasteiger partial charge is 0.384 e. The molecule has 0 bridgehead atoms. The van der Waals surface area contributed by atoms with Gasteiger partial charge in [-0.3, -0.25) is 5.41 Å². The lowest BCUT2D eigenvalue weighted by Gasteiger charge is -2.24. The van der Waals surface area contributed by atoms with E-state index < -0.39 is 0 Å². The second kappa shape index (κ2) is 5.90. The maximum atomic E-state index is 7.56. The molecule has 0 aromatic heterocycles. The summed E-state index contributed by atoms with van der Waals surface area (Å²) in [6.45, 7) is 1.97. The van der Waals surface area contributed by atoms with Crippen molar-refractivity contribution < 1.29 is 0 Å². The Morgan fingerprint density at radius 1 is 1.14 bits per heavy atom. The van der Waals surface area contributed by atoms with Crippen LogP contribution < -0.4 is 10.6 Å². The number of anilines is 1. The number of aryl methyl sites for hydroxylation is 1. The molecule has 1 heterocycles. The van der Waals surface area contributed by atoms with E-state index in [2.05, 4.69) is 57.2 Å². The molecule has 0 saturated carbocycles. The highest BCUT2D eigenvalue weighted by molar-refractivity contribution is 9.10. The van der Waals surface area contributed by atoms with Gasteiger partial charge < -0.3 is 10.6 Å². The van der Waals surface area contributed by atoms with Crippen LogP contribution in [-0.2, 0) is 13.0 Å². The van der Waals surface area contributed by atoms with Crippen molar-refractivity contribution in [3.05, 3.63) is 63.6 Å². The molecule has 3 N–H and O–H groups in total. The molecule has 1 aliphatic heterocycles. The third kappa shape index (κ3) is 2.95. The molecule has 0 aliphatic carbocycles. The highest BCUT2D eigenvalue weighted by atomic mass is 79.9. The second-order valence-electron chi connectivity index (χ2n) is 5.37. The fraction of sp³-hybridized carbons (Fsp3) is 0.235. The molecule has 1 aliphatic rings. The Labute approximate surface area is 133 Å². The van der Waals surface area contributed by atoms with Crippen LogP contribution in [0.3, 0.4) is 0 Å². The van der Waals surface area contributed by atoms with Crippen LogP contribution in [0.15, 0.2) is 46.9 Å². The van der Waals surface area contributed by atoms with Gasteiger partial charge in [0.15, 0.2) is 0 Å². The number of nitrogens with zero attached hydrogens (tertiary/aromatic N) is 1. The summed E-state index contributed by atoms with van der Waals surface area (Å²) in [5.41, 5.74) is 10.3. The molecule has 0 amide bonds. The molecule has 21 heavy (non-hydrogen) atoms. The Morgan fingerprint density at radius 3 is 2.62 bits per heavy atom. The SMILES string of the molecule is N=C(N)c1ccc(N2CCCc3ccccc3C2)cc1Br. The third-order valence-electron chi connectivity index (χ3n) is 3.96. The zero-order chi connectivity index (χ0) is 14.8. The van der Waals surface area contributed by atoms with E-state index in [9.17, 15) is 0 Å². The van der Waals surface area contributed by atoms with Crippen molar-refractivity contribution in [1.29, 1.82) is 5.41 Å². The van der Waals surface area contributed by atoms with E-state index in [0.717, 1.165) is 36.0 Å². The van der Waals surface area contributed by atoms with E-state index >= 15 is 0 Å². The number of benzene rings is 2. The maximum absolute atomic E-state index is 7.56. The van der Waals surface area contributed by atoms with Crippen molar-refractivity contribution in [2.45, 2.75) is 19.4 Å². The van der Waals surface area contributed by atoms with E-state index in [1.165, 1.54) is 16.8 Å². The van der Waals surface area contributed by atoms with Gasteiger partial charge in [-0.15, -0.1) is 0 Å². The maximum Gasteiger partial charge on any atom is 0.123 e. The Hall–Kier alpha value is -1.81. The summed E-state index contributed by atoms with van der Waals surface area (Å²) < 4.78 is 0.880. The summed E-state index contributed by atoms with van der Waals surface area (Å²) in [5, 5.41) is 7.56. The van der Waals surface area contributed by atoms with Gasteiger partial charge in [-0.2, -0.15) is 0 Å². The van der Waals surface area contributed by atoms with Crippen molar-refractivity contribution in [2.24, 2.45) is 5.73 Å².